The molecule has 1 aromatic carbocycles. The summed E-state index contributed by atoms with van der Waals surface area (Å²) in [7, 11) is 0. The van der Waals surface area contributed by atoms with Crippen molar-refractivity contribution in [2.75, 3.05) is 23.4 Å². The third-order valence-electron chi connectivity index (χ3n) is 5.51. The number of rotatable bonds is 6. The van der Waals surface area contributed by atoms with E-state index in [0.29, 0.717) is 0 Å². The molecule has 3 aromatic rings. The van der Waals surface area contributed by atoms with Gasteiger partial charge in [-0.1, -0.05) is 6.07 Å². The van der Waals surface area contributed by atoms with Crippen LogP contribution < -0.4 is 10.3 Å². The molecule has 2 heterocycles. The highest BCUT2D eigenvalue weighted by molar-refractivity contribution is 7.19. The van der Waals surface area contributed by atoms with Gasteiger partial charge in [0.15, 0.2) is 5.82 Å². The first-order valence-electron chi connectivity index (χ1n) is 10.1. The quantitative estimate of drug-likeness (QED) is 0.464. The number of nitrogens with one attached hydrogen (secondary N) is 1. The second-order valence-corrected chi connectivity index (χ2v) is 8.28. The Balaban J connectivity index is 1.56. The number of aromatic nitrogens is 2. The molecule has 146 valence electrons. The Bertz CT molecular complexity index is 1000. The van der Waals surface area contributed by atoms with E-state index < -0.39 is 0 Å². The van der Waals surface area contributed by atoms with Crippen LogP contribution in [-0.2, 0) is 12.8 Å². The molecule has 28 heavy (non-hydrogen) atoms. The molecule has 0 spiro atoms. The van der Waals surface area contributed by atoms with E-state index in [1.165, 1.54) is 34.5 Å². The van der Waals surface area contributed by atoms with E-state index in [-0.39, 0.29) is 0 Å². The number of anilines is 2. The minimum atomic E-state index is 0.818. The molecular weight excluding hydrogens is 366 g/mol. The molecule has 0 fully saturated rings. The normalized spacial score (nSPS) is 13.8. The van der Waals surface area contributed by atoms with E-state index in [9.17, 15) is 0 Å². The van der Waals surface area contributed by atoms with Crippen molar-refractivity contribution in [3.05, 3.63) is 46.1 Å². The predicted molar refractivity (Wildman–Crippen MR) is 120 cm³/mol. The first kappa shape index (κ1) is 18.9. The topological polar surface area (TPSA) is 53.4 Å². The first-order valence-corrected chi connectivity index (χ1v) is 10.9. The Labute approximate surface area is 170 Å². The van der Waals surface area contributed by atoms with Gasteiger partial charge in [0.25, 0.3) is 0 Å². The molecule has 6 heteroatoms. The lowest BCUT2D eigenvalue weighted by Gasteiger charge is -2.21. The molecule has 0 radical (unpaired) electrons. The molecule has 0 bridgehead atoms. The number of thiophene rings is 1. The van der Waals surface area contributed by atoms with Gasteiger partial charge in [0.05, 0.1) is 11.6 Å². The second kappa shape index (κ2) is 8.27. The number of aryl methyl sites for hydroxylation is 3. The molecule has 1 aliphatic rings. The molecule has 0 aliphatic heterocycles. The van der Waals surface area contributed by atoms with Gasteiger partial charge in [0.2, 0.25) is 0 Å². The van der Waals surface area contributed by atoms with Crippen LogP contribution in [0.2, 0.25) is 0 Å². The smallest absolute Gasteiger partial charge is 0.158 e. The average molecular weight is 394 g/mol. The number of benzene rings is 1. The maximum absolute atomic E-state index is 4.49. The summed E-state index contributed by atoms with van der Waals surface area (Å²) in [5.41, 5.74) is 8.18. The van der Waals surface area contributed by atoms with Crippen molar-refractivity contribution < 1.29 is 0 Å². The zero-order valence-corrected chi connectivity index (χ0v) is 17.6. The molecule has 0 saturated carbocycles. The van der Waals surface area contributed by atoms with Gasteiger partial charge >= 0.3 is 0 Å². The summed E-state index contributed by atoms with van der Waals surface area (Å²) >= 11 is 1.81. The number of nitrogens with zero attached hydrogens (tertiary/aromatic N) is 4. The molecule has 1 N–H and O–H groups in total. The molecule has 0 unspecified atom stereocenters. The van der Waals surface area contributed by atoms with Crippen LogP contribution in [0.25, 0.3) is 10.2 Å². The van der Waals surface area contributed by atoms with Gasteiger partial charge in [-0.3, -0.25) is 5.43 Å². The lowest BCUT2D eigenvalue weighted by atomic mass is 9.97. The van der Waals surface area contributed by atoms with Crippen molar-refractivity contribution in [1.29, 1.82) is 0 Å². The van der Waals surface area contributed by atoms with Gasteiger partial charge < -0.3 is 4.90 Å². The summed E-state index contributed by atoms with van der Waals surface area (Å²) in [6.07, 6.45) is 8.32. The SMILES string of the molecule is CCN(CC)c1ccc(C=NNc2ncnc3sc4c(c23)CCCC4)c(C)c1. The fourth-order valence-corrected chi connectivity index (χ4v) is 5.16. The van der Waals surface area contributed by atoms with E-state index in [0.717, 1.165) is 47.5 Å². The number of hydrogen-bond donors (Lipinski definition) is 1. The minimum absolute atomic E-state index is 0.818. The third kappa shape index (κ3) is 3.61. The van der Waals surface area contributed by atoms with E-state index in [2.05, 4.69) is 64.4 Å². The number of fused-ring (bicyclic) bond motifs is 3. The molecule has 4 rings (SSSR count). The molecule has 0 amide bonds. The van der Waals surface area contributed by atoms with Crippen LogP contribution in [0.3, 0.4) is 0 Å². The third-order valence-corrected chi connectivity index (χ3v) is 6.71. The van der Waals surface area contributed by atoms with Gasteiger partial charge in [0, 0.05) is 23.7 Å². The summed E-state index contributed by atoms with van der Waals surface area (Å²) in [6.45, 7) is 8.53. The Morgan fingerprint density at radius 3 is 2.79 bits per heavy atom. The zero-order valence-electron chi connectivity index (χ0n) is 16.8. The summed E-state index contributed by atoms with van der Waals surface area (Å²) in [4.78, 5) is 13.8. The maximum Gasteiger partial charge on any atom is 0.158 e. The van der Waals surface area contributed by atoms with Crippen molar-refractivity contribution in [2.24, 2.45) is 5.10 Å². The van der Waals surface area contributed by atoms with Crippen LogP contribution in [-0.4, -0.2) is 29.3 Å². The van der Waals surface area contributed by atoms with Crippen LogP contribution in [0.4, 0.5) is 11.5 Å². The number of hydrogen-bond acceptors (Lipinski definition) is 6. The highest BCUT2D eigenvalue weighted by atomic mass is 32.1. The molecule has 5 nitrogen and oxygen atoms in total. The standard InChI is InChI=1S/C22H27N5S/c1-4-27(5-2)17-11-10-16(15(3)12-17)13-25-26-21-20-18-8-6-7-9-19(18)28-22(20)24-14-23-21/h10-14H,4-9H2,1-3H3,(H,23,24,26). The fraction of sp³-hybridized carbons (Fsp3) is 0.409. The molecule has 0 saturated heterocycles. The maximum atomic E-state index is 4.49. The Morgan fingerprint density at radius 2 is 2.00 bits per heavy atom. The molecule has 2 aromatic heterocycles. The Morgan fingerprint density at radius 1 is 1.18 bits per heavy atom. The first-order chi connectivity index (χ1) is 13.7. The summed E-state index contributed by atoms with van der Waals surface area (Å²) in [5.74, 6) is 0.818. The van der Waals surface area contributed by atoms with Crippen LogP contribution in [0, 0.1) is 6.92 Å². The average Bonchev–Trinajstić information content (AvgIpc) is 3.10. The number of hydrazone groups is 1. The lowest BCUT2D eigenvalue weighted by molar-refractivity contribution is 0.700. The van der Waals surface area contributed by atoms with E-state index in [4.69, 9.17) is 0 Å². The summed E-state index contributed by atoms with van der Waals surface area (Å²) in [5, 5.41) is 5.65. The molecular formula is C22H27N5S. The van der Waals surface area contributed by atoms with Crippen LogP contribution >= 0.6 is 11.3 Å². The highest BCUT2D eigenvalue weighted by Gasteiger charge is 2.19. The van der Waals surface area contributed by atoms with Gasteiger partial charge in [-0.15, -0.1) is 11.3 Å². The lowest BCUT2D eigenvalue weighted by Crippen LogP contribution is -2.21. The highest BCUT2D eigenvalue weighted by Crippen LogP contribution is 2.38. The monoisotopic (exact) mass is 393 g/mol. The van der Waals surface area contributed by atoms with E-state index in [1.54, 1.807) is 6.33 Å². The molecule has 1 aliphatic carbocycles. The van der Waals surface area contributed by atoms with Crippen molar-refractivity contribution in [1.82, 2.24) is 9.97 Å². The van der Waals surface area contributed by atoms with Gasteiger partial charge in [-0.25, -0.2) is 9.97 Å². The van der Waals surface area contributed by atoms with Crippen molar-refractivity contribution in [3.8, 4) is 0 Å². The minimum Gasteiger partial charge on any atom is -0.372 e. The fourth-order valence-electron chi connectivity index (χ4n) is 3.93. The summed E-state index contributed by atoms with van der Waals surface area (Å²) in [6, 6.07) is 6.53. The van der Waals surface area contributed by atoms with E-state index >= 15 is 0 Å². The van der Waals surface area contributed by atoms with Gasteiger partial charge in [0.1, 0.15) is 11.2 Å². The van der Waals surface area contributed by atoms with E-state index in [1.807, 2.05) is 17.6 Å². The molecule has 0 atom stereocenters. The summed E-state index contributed by atoms with van der Waals surface area (Å²) < 4.78 is 0. The zero-order chi connectivity index (χ0) is 19.5. The van der Waals surface area contributed by atoms with Crippen molar-refractivity contribution in [2.45, 2.75) is 46.5 Å². The Kier molecular flexibility index (Phi) is 5.57. The van der Waals surface area contributed by atoms with Gasteiger partial charge in [-0.2, -0.15) is 5.10 Å². The second-order valence-electron chi connectivity index (χ2n) is 7.20. The van der Waals surface area contributed by atoms with Crippen LogP contribution in [0.15, 0.2) is 29.6 Å². The largest absolute Gasteiger partial charge is 0.372 e. The predicted octanol–water partition coefficient (Wildman–Crippen LogP) is 5.17. The van der Waals surface area contributed by atoms with Crippen molar-refractivity contribution >= 4 is 39.3 Å². The van der Waals surface area contributed by atoms with Crippen molar-refractivity contribution in [3.63, 3.8) is 0 Å². The Hall–Kier alpha value is -2.47. The van der Waals surface area contributed by atoms with Crippen LogP contribution in [0.1, 0.15) is 48.3 Å². The van der Waals surface area contributed by atoms with Gasteiger partial charge in [-0.05, 0) is 75.3 Å². The van der Waals surface area contributed by atoms with Crippen LogP contribution in [0.5, 0.6) is 0 Å².